The number of likely N-dealkylation sites (N-methyl/N-ethyl adjacent to an activating group) is 1. The zero-order valence-electron chi connectivity index (χ0n) is 11.8. The number of nitrogens with one attached hydrogen (secondary N) is 1. The highest BCUT2D eigenvalue weighted by atomic mass is 35.5. The summed E-state index contributed by atoms with van der Waals surface area (Å²) >= 11 is 5.94. The van der Waals surface area contributed by atoms with Gasteiger partial charge in [-0.1, -0.05) is 23.7 Å². The fourth-order valence-corrected chi connectivity index (χ4v) is 2.06. The zero-order valence-corrected chi connectivity index (χ0v) is 12.6. The van der Waals surface area contributed by atoms with Gasteiger partial charge in [-0.2, -0.15) is 0 Å². The minimum absolute atomic E-state index is 0.0523. The number of benzene rings is 1. The first kappa shape index (κ1) is 16.8. The molecule has 2 amide bonds. The lowest BCUT2D eigenvalue weighted by Crippen LogP contribution is -2.42. The third kappa shape index (κ3) is 5.00. The Morgan fingerprint density at radius 1 is 1.55 bits per heavy atom. The van der Waals surface area contributed by atoms with Crippen molar-refractivity contribution in [1.29, 1.82) is 0 Å². The average molecular weight is 301 g/mol. The number of nitrogens with zero attached hydrogens (tertiary/aromatic N) is 1. The van der Waals surface area contributed by atoms with Crippen LogP contribution in [0.15, 0.2) is 24.3 Å². The third-order valence-electron chi connectivity index (χ3n) is 2.98. The summed E-state index contributed by atoms with van der Waals surface area (Å²) in [7, 11) is 1.59. The average Bonchev–Trinajstić information content (AvgIpc) is 2.45. The van der Waals surface area contributed by atoms with Gasteiger partial charge in [0.1, 0.15) is 0 Å². The van der Waals surface area contributed by atoms with Crippen LogP contribution in [-0.4, -0.2) is 49.4 Å². The van der Waals surface area contributed by atoms with Crippen molar-refractivity contribution in [1.82, 2.24) is 10.2 Å². The molecule has 20 heavy (non-hydrogen) atoms. The molecule has 0 saturated heterocycles. The van der Waals surface area contributed by atoms with Crippen molar-refractivity contribution in [3.8, 4) is 0 Å². The van der Waals surface area contributed by atoms with E-state index in [2.05, 4.69) is 5.32 Å². The van der Waals surface area contributed by atoms with Crippen LogP contribution >= 0.6 is 11.6 Å². The first-order valence-electron chi connectivity index (χ1n) is 6.54. The Bertz CT molecular complexity index is 429. The lowest BCUT2D eigenvalue weighted by Gasteiger charge is -2.22. The van der Waals surface area contributed by atoms with Crippen LogP contribution < -0.4 is 5.32 Å². The molecule has 1 atom stereocenters. The van der Waals surface area contributed by atoms with Gasteiger partial charge in [0.05, 0.1) is 12.7 Å². The molecule has 2 N–H and O–H groups in total. The summed E-state index contributed by atoms with van der Waals surface area (Å²) in [6.45, 7) is 3.01. The van der Waals surface area contributed by atoms with Gasteiger partial charge in [-0.25, -0.2) is 4.79 Å². The summed E-state index contributed by atoms with van der Waals surface area (Å²) in [5, 5.41) is 12.3. The monoisotopic (exact) mass is 300 g/mol. The van der Waals surface area contributed by atoms with E-state index >= 15 is 0 Å². The molecular weight excluding hydrogens is 280 g/mol. The van der Waals surface area contributed by atoms with E-state index in [9.17, 15) is 4.79 Å². The zero-order chi connectivity index (χ0) is 15.0. The predicted molar refractivity (Wildman–Crippen MR) is 78.9 cm³/mol. The lowest BCUT2D eigenvalue weighted by atomic mass is 10.1. The number of rotatable bonds is 7. The van der Waals surface area contributed by atoms with E-state index in [1.807, 2.05) is 25.1 Å². The van der Waals surface area contributed by atoms with E-state index in [4.69, 9.17) is 21.4 Å². The second-order valence-electron chi connectivity index (χ2n) is 4.27. The highest BCUT2D eigenvalue weighted by molar-refractivity contribution is 6.30. The van der Waals surface area contributed by atoms with Crippen LogP contribution in [0.25, 0.3) is 0 Å². The van der Waals surface area contributed by atoms with Crippen molar-refractivity contribution >= 4 is 17.6 Å². The number of aliphatic hydroxyl groups excluding tert-OH is 1. The Hall–Kier alpha value is -1.30. The quantitative estimate of drug-likeness (QED) is 0.810. The molecule has 0 radical (unpaired) electrons. The summed E-state index contributed by atoms with van der Waals surface area (Å²) in [5.74, 6) is 0. The molecule has 1 rings (SSSR count). The van der Waals surface area contributed by atoms with Crippen molar-refractivity contribution in [2.24, 2.45) is 0 Å². The fraction of sp³-hybridized carbons (Fsp3) is 0.500. The van der Waals surface area contributed by atoms with Crippen LogP contribution in [0, 0.1) is 0 Å². The van der Waals surface area contributed by atoms with Crippen LogP contribution in [0.4, 0.5) is 4.79 Å². The number of hydrogen-bond donors (Lipinski definition) is 2. The molecule has 1 aromatic carbocycles. The Kier molecular flexibility index (Phi) is 7.36. The number of urea groups is 1. The number of ether oxygens (including phenoxy) is 1. The van der Waals surface area contributed by atoms with Crippen LogP contribution in [-0.2, 0) is 4.74 Å². The maximum Gasteiger partial charge on any atom is 0.317 e. The van der Waals surface area contributed by atoms with Gasteiger partial charge in [-0.3, -0.25) is 0 Å². The van der Waals surface area contributed by atoms with Gasteiger partial charge in [-0.05, 0) is 24.6 Å². The van der Waals surface area contributed by atoms with E-state index < -0.39 is 0 Å². The minimum Gasteiger partial charge on any atom is -0.395 e. The fourth-order valence-electron chi connectivity index (χ4n) is 1.86. The van der Waals surface area contributed by atoms with E-state index in [-0.39, 0.29) is 18.7 Å². The standard InChI is InChI=1S/C14H21ClN2O3/c1-3-17(7-8-18)14(19)16-10-13(20-2)11-5-4-6-12(15)9-11/h4-6,9,13,18H,3,7-8,10H2,1-2H3,(H,16,19). The lowest BCUT2D eigenvalue weighted by molar-refractivity contribution is 0.101. The highest BCUT2D eigenvalue weighted by Crippen LogP contribution is 2.19. The van der Waals surface area contributed by atoms with Gasteiger partial charge in [0, 0.05) is 31.8 Å². The van der Waals surface area contributed by atoms with E-state index in [0.717, 1.165) is 5.56 Å². The molecule has 112 valence electrons. The summed E-state index contributed by atoms with van der Waals surface area (Å²) in [6.07, 6.45) is -0.259. The maximum absolute atomic E-state index is 11.9. The van der Waals surface area contributed by atoms with Crippen molar-refractivity contribution in [3.05, 3.63) is 34.9 Å². The second-order valence-corrected chi connectivity index (χ2v) is 4.71. The number of amides is 2. The van der Waals surface area contributed by atoms with Crippen molar-refractivity contribution in [2.45, 2.75) is 13.0 Å². The van der Waals surface area contributed by atoms with Gasteiger partial charge in [-0.15, -0.1) is 0 Å². The molecule has 0 aliphatic heterocycles. The van der Waals surface area contributed by atoms with Crippen molar-refractivity contribution in [3.63, 3.8) is 0 Å². The number of aliphatic hydroxyl groups is 1. The number of carbonyl (C=O) groups excluding carboxylic acids is 1. The molecular formula is C14H21ClN2O3. The van der Waals surface area contributed by atoms with E-state index in [0.29, 0.717) is 24.7 Å². The predicted octanol–water partition coefficient (Wildman–Crippen LogP) is 2.05. The number of methoxy groups -OCH3 is 1. The van der Waals surface area contributed by atoms with Crippen molar-refractivity contribution < 1.29 is 14.6 Å². The summed E-state index contributed by atoms with van der Waals surface area (Å²) < 4.78 is 5.37. The van der Waals surface area contributed by atoms with E-state index in [1.165, 1.54) is 4.90 Å². The summed E-state index contributed by atoms with van der Waals surface area (Å²) in [6, 6.07) is 7.13. The summed E-state index contributed by atoms with van der Waals surface area (Å²) in [4.78, 5) is 13.4. The van der Waals surface area contributed by atoms with Crippen molar-refractivity contribution in [2.75, 3.05) is 33.4 Å². The SMILES string of the molecule is CCN(CCO)C(=O)NCC(OC)c1cccc(Cl)c1. The normalized spacial score (nSPS) is 12.0. The smallest absolute Gasteiger partial charge is 0.317 e. The van der Waals surface area contributed by atoms with E-state index in [1.54, 1.807) is 13.2 Å². The molecule has 0 aliphatic carbocycles. The van der Waals surface area contributed by atoms with Crippen LogP contribution in [0.2, 0.25) is 5.02 Å². The molecule has 0 fully saturated rings. The molecule has 5 nitrogen and oxygen atoms in total. The first-order chi connectivity index (χ1) is 9.62. The number of hydrogen-bond acceptors (Lipinski definition) is 3. The Morgan fingerprint density at radius 2 is 2.30 bits per heavy atom. The molecule has 0 saturated carbocycles. The van der Waals surface area contributed by atoms with Gasteiger partial charge >= 0.3 is 6.03 Å². The highest BCUT2D eigenvalue weighted by Gasteiger charge is 2.15. The molecule has 6 heteroatoms. The van der Waals surface area contributed by atoms with Crippen LogP contribution in [0.5, 0.6) is 0 Å². The molecule has 1 aromatic rings. The second kappa shape index (κ2) is 8.79. The largest absolute Gasteiger partial charge is 0.395 e. The molecule has 0 aromatic heterocycles. The van der Waals surface area contributed by atoms with Gasteiger partial charge in [0.25, 0.3) is 0 Å². The molecule has 0 aliphatic rings. The Labute approximate surface area is 124 Å². The molecule has 1 unspecified atom stereocenters. The van der Waals surface area contributed by atoms with Gasteiger partial charge in [0.15, 0.2) is 0 Å². The number of halogens is 1. The topological polar surface area (TPSA) is 61.8 Å². The minimum atomic E-state index is -0.259. The maximum atomic E-state index is 11.9. The molecule has 0 spiro atoms. The van der Waals surface area contributed by atoms with Gasteiger partial charge in [0.2, 0.25) is 0 Å². The Balaban J connectivity index is 2.59. The number of carbonyl (C=O) groups is 1. The Morgan fingerprint density at radius 3 is 2.85 bits per heavy atom. The summed E-state index contributed by atoms with van der Waals surface area (Å²) in [5.41, 5.74) is 0.908. The molecule has 0 bridgehead atoms. The van der Waals surface area contributed by atoms with Gasteiger partial charge < -0.3 is 20.1 Å². The first-order valence-corrected chi connectivity index (χ1v) is 6.92. The third-order valence-corrected chi connectivity index (χ3v) is 3.22. The van der Waals surface area contributed by atoms with Crippen LogP contribution in [0.1, 0.15) is 18.6 Å². The van der Waals surface area contributed by atoms with Crippen LogP contribution in [0.3, 0.4) is 0 Å². The molecule has 0 heterocycles.